The van der Waals surface area contributed by atoms with Crippen LogP contribution < -0.4 is 11.1 Å². The molecule has 1 rings (SSSR count). The highest BCUT2D eigenvalue weighted by Gasteiger charge is 2.15. The van der Waals surface area contributed by atoms with E-state index >= 15 is 0 Å². The van der Waals surface area contributed by atoms with E-state index in [0.717, 1.165) is 25.0 Å². The van der Waals surface area contributed by atoms with E-state index in [2.05, 4.69) is 17.2 Å². The predicted octanol–water partition coefficient (Wildman–Crippen LogP) is 2.11. The SMILES string of the molecule is CCCCCCNC(=O)N(CCc1ccccn1)C(=N)N. The molecule has 0 bridgehead atoms. The first-order chi connectivity index (χ1) is 10.1. The smallest absolute Gasteiger partial charge is 0.324 e. The first-order valence-electron chi connectivity index (χ1n) is 7.44. The van der Waals surface area contributed by atoms with E-state index < -0.39 is 0 Å². The van der Waals surface area contributed by atoms with Crippen LogP contribution in [0.5, 0.6) is 0 Å². The molecule has 0 unspecified atom stereocenters. The van der Waals surface area contributed by atoms with Crippen LogP contribution in [0.4, 0.5) is 4.79 Å². The van der Waals surface area contributed by atoms with Crippen LogP contribution in [0.25, 0.3) is 0 Å². The van der Waals surface area contributed by atoms with Crippen LogP contribution >= 0.6 is 0 Å². The summed E-state index contributed by atoms with van der Waals surface area (Å²) in [5.74, 6) is -0.239. The van der Waals surface area contributed by atoms with Crippen LogP contribution in [0.3, 0.4) is 0 Å². The van der Waals surface area contributed by atoms with Gasteiger partial charge in [-0.15, -0.1) is 0 Å². The number of carbonyl (C=O) groups excluding carboxylic acids is 1. The van der Waals surface area contributed by atoms with Crippen LogP contribution in [0.1, 0.15) is 38.3 Å². The molecule has 0 aliphatic heterocycles. The first-order valence-corrected chi connectivity index (χ1v) is 7.44. The molecule has 0 aromatic carbocycles. The van der Waals surface area contributed by atoms with Crippen molar-refractivity contribution in [2.24, 2.45) is 5.73 Å². The Bertz CT molecular complexity index is 435. The minimum Gasteiger partial charge on any atom is -0.370 e. The summed E-state index contributed by atoms with van der Waals surface area (Å²) in [4.78, 5) is 17.5. The van der Waals surface area contributed by atoms with Gasteiger partial charge in [0.15, 0.2) is 5.96 Å². The molecule has 1 aromatic heterocycles. The van der Waals surface area contributed by atoms with Gasteiger partial charge in [0.25, 0.3) is 0 Å². The zero-order chi connectivity index (χ0) is 15.5. The second-order valence-corrected chi connectivity index (χ2v) is 4.90. The third-order valence-corrected chi connectivity index (χ3v) is 3.16. The Morgan fingerprint density at radius 2 is 2.19 bits per heavy atom. The molecule has 21 heavy (non-hydrogen) atoms. The van der Waals surface area contributed by atoms with Gasteiger partial charge in [-0.25, -0.2) is 4.79 Å². The number of carbonyl (C=O) groups is 1. The molecule has 116 valence electrons. The Balaban J connectivity index is 2.38. The van der Waals surface area contributed by atoms with Gasteiger partial charge in [-0.3, -0.25) is 15.3 Å². The molecule has 0 saturated heterocycles. The molecule has 6 nitrogen and oxygen atoms in total. The Morgan fingerprint density at radius 3 is 2.81 bits per heavy atom. The number of nitrogens with one attached hydrogen (secondary N) is 2. The van der Waals surface area contributed by atoms with Crippen molar-refractivity contribution in [3.63, 3.8) is 0 Å². The topological polar surface area (TPSA) is 95.1 Å². The van der Waals surface area contributed by atoms with E-state index in [1.54, 1.807) is 6.20 Å². The zero-order valence-electron chi connectivity index (χ0n) is 12.6. The number of pyridine rings is 1. The van der Waals surface area contributed by atoms with Crippen molar-refractivity contribution in [1.82, 2.24) is 15.2 Å². The fraction of sp³-hybridized carbons (Fsp3) is 0.533. The molecule has 4 N–H and O–H groups in total. The number of nitrogens with zero attached hydrogens (tertiary/aromatic N) is 2. The van der Waals surface area contributed by atoms with Gasteiger partial charge in [-0.05, 0) is 18.6 Å². The van der Waals surface area contributed by atoms with E-state index in [0.29, 0.717) is 19.5 Å². The number of rotatable bonds is 8. The van der Waals surface area contributed by atoms with Crippen LogP contribution in [0.15, 0.2) is 24.4 Å². The number of urea groups is 1. The van der Waals surface area contributed by atoms with Crippen molar-refractivity contribution in [2.45, 2.75) is 39.0 Å². The van der Waals surface area contributed by atoms with Crippen molar-refractivity contribution < 1.29 is 4.79 Å². The molecule has 0 spiro atoms. The van der Waals surface area contributed by atoms with Crippen molar-refractivity contribution in [3.8, 4) is 0 Å². The Morgan fingerprint density at radius 1 is 1.38 bits per heavy atom. The second-order valence-electron chi connectivity index (χ2n) is 4.90. The third-order valence-electron chi connectivity index (χ3n) is 3.16. The third kappa shape index (κ3) is 6.74. The summed E-state index contributed by atoms with van der Waals surface area (Å²) in [6.45, 7) is 3.12. The summed E-state index contributed by atoms with van der Waals surface area (Å²) >= 11 is 0. The zero-order valence-corrected chi connectivity index (χ0v) is 12.6. The monoisotopic (exact) mass is 291 g/mol. The lowest BCUT2D eigenvalue weighted by Gasteiger charge is -2.21. The average molecular weight is 291 g/mol. The lowest BCUT2D eigenvalue weighted by atomic mass is 10.2. The highest BCUT2D eigenvalue weighted by atomic mass is 16.2. The molecule has 2 amide bonds. The first kappa shape index (κ1) is 16.9. The second kappa shape index (κ2) is 9.74. The van der Waals surface area contributed by atoms with Gasteiger partial charge in [-0.1, -0.05) is 32.3 Å². The van der Waals surface area contributed by atoms with Crippen molar-refractivity contribution in [1.29, 1.82) is 5.41 Å². The van der Waals surface area contributed by atoms with E-state index in [-0.39, 0.29) is 12.0 Å². The fourth-order valence-corrected chi connectivity index (χ4v) is 1.95. The lowest BCUT2D eigenvalue weighted by molar-refractivity contribution is 0.220. The summed E-state index contributed by atoms with van der Waals surface area (Å²) in [6.07, 6.45) is 6.67. The number of aromatic nitrogens is 1. The largest absolute Gasteiger partial charge is 0.370 e. The number of hydrogen-bond donors (Lipinski definition) is 3. The molecule has 0 fully saturated rings. The lowest BCUT2D eigenvalue weighted by Crippen LogP contribution is -2.48. The Labute approximate surface area is 126 Å². The highest BCUT2D eigenvalue weighted by Crippen LogP contribution is 2.00. The molecule has 0 radical (unpaired) electrons. The minimum atomic E-state index is -0.310. The number of nitrogens with two attached hydrogens (primary N) is 1. The standard InChI is InChI=1S/C15H25N5O/c1-2-3-4-6-11-19-15(21)20(14(16)17)12-9-13-8-5-7-10-18-13/h5,7-8,10H,2-4,6,9,11-12H2,1H3,(H3,16,17)(H,19,21). The fourth-order valence-electron chi connectivity index (χ4n) is 1.95. The van der Waals surface area contributed by atoms with Gasteiger partial charge in [0.05, 0.1) is 0 Å². The maximum Gasteiger partial charge on any atom is 0.324 e. The quantitative estimate of drug-likeness (QED) is 0.389. The van der Waals surface area contributed by atoms with Crippen LogP contribution in [0, 0.1) is 5.41 Å². The summed E-state index contributed by atoms with van der Waals surface area (Å²) in [5.41, 5.74) is 6.36. The maximum atomic E-state index is 12.0. The molecule has 0 saturated carbocycles. The molecular formula is C15H25N5O. The normalized spacial score (nSPS) is 10.1. The summed E-state index contributed by atoms with van der Waals surface area (Å²) in [5, 5.41) is 10.3. The summed E-state index contributed by atoms with van der Waals surface area (Å²) in [6, 6.07) is 5.32. The van der Waals surface area contributed by atoms with E-state index in [4.69, 9.17) is 11.1 Å². The van der Waals surface area contributed by atoms with E-state index in [9.17, 15) is 4.79 Å². The van der Waals surface area contributed by atoms with Gasteiger partial charge in [0.2, 0.25) is 0 Å². The summed E-state index contributed by atoms with van der Waals surface area (Å²) < 4.78 is 0. The molecule has 0 atom stereocenters. The molecular weight excluding hydrogens is 266 g/mol. The number of unbranched alkanes of at least 4 members (excludes halogenated alkanes) is 3. The van der Waals surface area contributed by atoms with Gasteiger partial charge in [0.1, 0.15) is 0 Å². The molecule has 1 aromatic rings. The highest BCUT2D eigenvalue weighted by molar-refractivity contribution is 5.93. The van der Waals surface area contributed by atoms with Crippen LogP contribution in [-0.2, 0) is 6.42 Å². The van der Waals surface area contributed by atoms with Gasteiger partial charge in [-0.2, -0.15) is 0 Å². The van der Waals surface area contributed by atoms with Crippen LogP contribution in [0.2, 0.25) is 0 Å². The summed E-state index contributed by atoms with van der Waals surface area (Å²) in [7, 11) is 0. The number of guanidine groups is 1. The molecule has 0 aliphatic carbocycles. The number of amides is 2. The predicted molar refractivity (Wildman–Crippen MR) is 84.1 cm³/mol. The van der Waals surface area contributed by atoms with Crippen molar-refractivity contribution in [3.05, 3.63) is 30.1 Å². The molecule has 6 heteroatoms. The Hall–Kier alpha value is -2.11. The average Bonchev–Trinajstić information content (AvgIpc) is 2.48. The van der Waals surface area contributed by atoms with E-state index in [1.165, 1.54) is 11.3 Å². The van der Waals surface area contributed by atoms with Gasteiger partial charge < -0.3 is 11.1 Å². The molecule has 0 aliphatic rings. The minimum absolute atomic E-state index is 0.239. The molecule has 1 heterocycles. The van der Waals surface area contributed by atoms with Crippen LogP contribution in [-0.4, -0.2) is 35.0 Å². The van der Waals surface area contributed by atoms with Gasteiger partial charge in [0, 0.05) is 31.4 Å². The van der Waals surface area contributed by atoms with E-state index in [1.807, 2.05) is 18.2 Å². The number of hydrogen-bond acceptors (Lipinski definition) is 3. The van der Waals surface area contributed by atoms with Gasteiger partial charge >= 0.3 is 6.03 Å². The van der Waals surface area contributed by atoms with Crippen molar-refractivity contribution in [2.75, 3.05) is 13.1 Å². The Kier molecular flexibility index (Phi) is 7.86. The maximum absolute atomic E-state index is 12.0. The van der Waals surface area contributed by atoms with Crippen molar-refractivity contribution >= 4 is 12.0 Å².